The van der Waals surface area contributed by atoms with Gasteiger partial charge in [0.05, 0.1) is 4.47 Å². The summed E-state index contributed by atoms with van der Waals surface area (Å²) in [4.78, 5) is 16.0. The van der Waals surface area contributed by atoms with Gasteiger partial charge in [0.25, 0.3) is 5.91 Å². The van der Waals surface area contributed by atoms with Gasteiger partial charge in [0.15, 0.2) is 0 Å². The highest BCUT2D eigenvalue weighted by Crippen LogP contribution is 2.23. The highest BCUT2D eigenvalue weighted by molar-refractivity contribution is 9.11. The van der Waals surface area contributed by atoms with Crippen molar-refractivity contribution in [3.63, 3.8) is 0 Å². The number of benzene rings is 1. The van der Waals surface area contributed by atoms with Gasteiger partial charge in [0, 0.05) is 16.2 Å². The third-order valence-corrected chi connectivity index (χ3v) is 3.11. The van der Waals surface area contributed by atoms with Gasteiger partial charge in [0.1, 0.15) is 5.82 Å². The monoisotopic (exact) mass is 354 g/mol. The Morgan fingerprint density at radius 2 is 1.88 bits per heavy atom. The first-order valence-corrected chi connectivity index (χ1v) is 6.43. The van der Waals surface area contributed by atoms with Gasteiger partial charge in [-0.1, -0.05) is 18.2 Å². The number of hydrogen-bond donors (Lipinski definition) is 1. The number of anilines is 1. The first-order valence-electron chi connectivity index (χ1n) is 4.84. The van der Waals surface area contributed by atoms with Crippen LogP contribution in [0.15, 0.2) is 51.5 Å². The first-order chi connectivity index (χ1) is 8.16. The lowest BCUT2D eigenvalue weighted by Crippen LogP contribution is -2.13. The summed E-state index contributed by atoms with van der Waals surface area (Å²) in [6, 6.07) is 10.8. The third kappa shape index (κ3) is 3.14. The van der Waals surface area contributed by atoms with Gasteiger partial charge in [-0.2, -0.15) is 0 Å². The minimum atomic E-state index is -0.180. The molecule has 0 saturated heterocycles. The van der Waals surface area contributed by atoms with Crippen molar-refractivity contribution in [3.8, 4) is 0 Å². The molecule has 17 heavy (non-hydrogen) atoms. The molecule has 0 atom stereocenters. The van der Waals surface area contributed by atoms with Crippen molar-refractivity contribution in [1.82, 2.24) is 4.98 Å². The molecule has 1 aromatic carbocycles. The fourth-order valence-electron chi connectivity index (χ4n) is 1.28. The van der Waals surface area contributed by atoms with Crippen LogP contribution < -0.4 is 5.32 Å². The van der Waals surface area contributed by atoms with Crippen LogP contribution in [-0.4, -0.2) is 10.9 Å². The summed E-state index contributed by atoms with van der Waals surface area (Å²) < 4.78 is 1.58. The third-order valence-electron chi connectivity index (χ3n) is 2.08. The van der Waals surface area contributed by atoms with Crippen LogP contribution in [0.2, 0.25) is 0 Å². The molecule has 0 aliphatic heterocycles. The van der Waals surface area contributed by atoms with Crippen LogP contribution in [0.25, 0.3) is 0 Å². The van der Waals surface area contributed by atoms with Crippen molar-refractivity contribution in [1.29, 1.82) is 0 Å². The molecule has 86 valence electrons. The van der Waals surface area contributed by atoms with Gasteiger partial charge >= 0.3 is 0 Å². The number of nitrogens with zero attached hydrogens (tertiary/aromatic N) is 1. The zero-order valence-corrected chi connectivity index (χ0v) is 11.8. The molecule has 0 bridgehead atoms. The Morgan fingerprint density at radius 3 is 2.53 bits per heavy atom. The van der Waals surface area contributed by atoms with Crippen LogP contribution in [0, 0.1) is 0 Å². The Bertz CT molecular complexity index is 543. The number of aromatic nitrogens is 1. The normalized spacial score (nSPS) is 10.0. The number of amides is 1. The summed E-state index contributed by atoms with van der Waals surface area (Å²) in [6.45, 7) is 0. The number of halogens is 2. The van der Waals surface area contributed by atoms with Crippen LogP contribution in [0.3, 0.4) is 0 Å². The van der Waals surface area contributed by atoms with Crippen LogP contribution in [-0.2, 0) is 0 Å². The van der Waals surface area contributed by atoms with E-state index < -0.39 is 0 Å². The van der Waals surface area contributed by atoms with Crippen molar-refractivity contribution in [2.45, 2.75) is 0 Å². The largest absolute Gasteiger partial charge is 0.306 e. The first kappa shape index (κ1) is 12.3. The molecule has 1 aromatic heterocycles. The summed E-state index contributed by atoms with van der Waals surface area (Å²) in [5.41, 5.74) is 0.601. The molecule has 2 aromatic rings. The topological polar surface area (TPSA) is 42.0 Å². The molecule has 0 spiro atoms. The molecule has 0 aliphatic rings. The fraction of sp³-hybridized carbons (Fsp3) is 0. The quantitative estimate of drug-likeness (QED) is 0.888. The molecule has 1 N–H and O–H groups in total. The lowest BCUT2D eigenvalue weighted by Gasteiger charge is -2.06. The van der Waals surface area contributed by atoms with Gasteiger partial charge in [0.2, 0.25) is 0 Å². The molecule has 0 radical (unpaired) electrons. The van der Waals surface area contributed by atoms with Gasteiger partial charge in [-0.25, -0.2) is 4.98 Å². The lowest BCUT2D eigenvalue weighted by molar-refractivity contribution is 0.102. The van der Waals surface area contributed by atoms with E-state index >= 15 is 0 Å². The Hall–Kier alpha value is -1.20. The smallest absolute Gasteiger partial charge is 0.256 e. The maximum Gasteiger partial charge on any atom is 0.256 e. The number of pyridine rings is 1. The standard InChI is InChI=1S/C12H8Br2N2O/c13-9-6-10(14)11(15-7-9)16-12(17)8-4-2-1-3-5-8/h1-7H,(H,15,16,17). The maximum absolute atomic E-state index is 11.9. The Kier molecular flexibility index (Phi) is 3.91. The highest BCUT2D eigenvalue weighted by atomic mass is 79.9. The number of hydrogen-bond acceptors (Lipinski definition) is 2. The summed E-state index contributed by atoms with van der Waals surface area (Å²) in [5.74, 6) is 0.322. The Balaban J connectivity index is 2.19. The summed E-state index contributed by atoms with van der Waals surface area (Å²) in [6.07, 6.45) is 1.63. The van der Waals surface area contributed by atoms with E-state index in [9.17, 15) is 4.79 Å². The van der Waals surface area contributed by atoms with Crippen LogP contribution >= 0.6 is 31.9 Å². The molecule has 0 saturated carbocycles. The molecule has 0 unspecified atom stereocenters. The minimum Gasteiger partial charge on any atom is -0.306 e. The predicted octanol–water partition coefficient (Wildman–Crippen LogP) is 3.86. The average Bonchev–Trinajstić information content (AvgIpc) is 2.34. The second-order valence-corrected chi connectivity index (χ2v) is 5.07. The molecule has 0 aliphatic carbocycles. The molecule has 2 rings (SSSR count). The molecule has 1 amide bonds. The zero-order valence-electron chi connectivity index (χ0n) is 8.65. The van der Waals surface area contributed by atoms with Crippen molar-refractivity contribution < 1.29 is 4.79 Å². The van der Waals surface area contributed by atoms with E-state index in [0.29, 0.717) is 11.4 Å². The van der Waals surface area contributed by atoms with Crippen molar-refractivity contribution in [2.24, 2.45) is 0 Å². The molecule has 5 heteroatoms. The molecular formula is C12H8Br2N2O. The average molecular weight is 356 g/mol. The number of nitrogens with one attached hydrogen (secondary N) is 1. The van der Waals surface area contributed by atoms with Crippen LogP contribution in [0.4, 0.5) is 5.82 Å². The zero-order chi connectivity index (χ0) is 12.3. The highest BCUT2D eigenvalue weighted by Gasteiger charge is 2.08. The second-order valence-electron chi connectivity index (χ2n) is 3.30. The molecule has 3 nitrogen and oxygen atoms in total. The summed E-state index contributed by atoms with van der Waals surface area (Å²) in [7, 11) is 0. The van der Waals surface area contributed by atoms with E-state index in [1.165, 1.54) is 0 Å². The minimum absolute atomic E-state index is 0.180. The van der Waals surface area contributed by atoms with Gasteiger partial charge in [-0.15, -0.1) is 0 Å². The summed E-state index contributed by atoms with van der Waals surface area (Å²) in [5, 5.41) is 2.74. The number of carbonyl (C=O) groups is 1. The van der Waals surface area contributed by atoms with E-state index in [2.05, 4.69) is 42.2 Å². The van der Waals surface area contributed by atoms with Gasteiger partial charge in [-0.05, 0) is 50.1 Å². The number of rotatable bonds is 2. The second kappa shape index (κ2) is 5.42. The molecular weight excluding hydrogens is 348 g/mol. The van der Waals surface area contributed by atoms with Crippen molar-refractivity contribution >= 4 is 43.6 Å². The van der Waals surface area contributed by atoms with Crippen molar-refractivity contribution in [2.75, 3.05) is 5.32 Å². The maximum atomic E-state index is 11.9. The summed E-state index contributed by atoms with van der Waals surface area (Å²) >= 11 is 6.64. The van der Waals surface area contributed by atoms with E-state index in [1.54, 1.807) is 18.3 Å². The van der Waals surface area contributed by atoms with E-state index in [4.69, 9.17) is 0 Å². The lowest BCUT2D eigenvalue weighted by atomic mass is 10.2. The Labute approximate surface area is 116 Å². The van der Waals surface area contributed by atoms with Crippen LogP contribution in [0.1, 0.15) is 10.4 Å². The van der Waals surface area contributed by atoms with E-state index in [0.717, 1.165) is 8.95 Å². The Morgan fingerprint density at radius 1 is 1.18 bits per heavy atom. The van der Waals surface area contributed by atoms with Crippen molar-refractivity contribution in [3.05, 3.63) is 57.1 Å². The van der Waals surface area contributed by atoms with Gasteiger partial charge < -0.3 is 5.32 Å². The van der Waals surface area contributed by atoms with E-state index in [-0.39, 0.29) is 5.91 Å². The molecule has 0 fully saturated rings. The molecule has 1 heterocycles. The number of carbonyl (C=O) groups excluding carboxylic acids is 1. The predicted molar refractivity (Wildman–Crippen MR) is 74.0 cm³/mol. The SMILES string of the molecule is O=C(Nc1ncc(Br)cc1Br)c1ccccc1. The van der Waals surface area contributed by atoms with E-state index in [1.807, 2.05) is 24.3 Å². The van der Waals surface area contributed by atoms with Gasteiger partial charge in [-0.3, -0.25) is 4.79 Å². The van der Waals surface area contributed by atoms with Crippen LogP contribution in [0.5, 0.6) is 0 Å². The fourth-order valence-corrected chi connectivity index (χ4v) is 2.36.